The Morgan fingerprint density at radius 1 is 1.21 bits per heavy atom. The van der Waals surface area contributed by atoms with Gasteiger partial charge < -0.3 is 25.4 Å². The molecule has 0 aliphatic heterocycles. The van der Waals surface area contributed by atoms with Crippen LogP contribution in [0.2, 0.25) is 0 Å². The van der Waals surface area contributed by atoms with Gasteiger partial charge in [-0.1, -0.05) is 0 Å². The summed E-state index contributed by atoms with van der Waals surface area (Å²) in [7, 11) is 2.73. The Morgan fingerprint density at radius 3 is 2.21 bits per heavy atom. The molecule has 4 N–H and O–H groups in total. The fourth-order valence-electron chi connectivity index (χ4n) is 1.62. The number of benzene rings is 1. The third kappa shape index (κ3) is 3.35. The first kappa shape index (κ1) is 14.8. The summed E-state index contributed by atoms with van der Waals surface area (Å²) >= 11 is 0. The Balaban J connectivity index is 3.25. The largest absolute Gasteiger partial charge is 0.496 e. The quantitative estimate of drug-likeness (QED) is 0.681. The van der Waals surface area contributed by atoms with Crippen LogP contribution in [0.1, 0.15) is 15.9 Å². The van der Waals surface area contributed by atoms with Crippen molar-refractivity contribution in [3.63, 3.8) is 0 Å². The van der Waals surface area contributed by atoms with Gasteiger partial charge in [0.2, 0.25) is 0 Å². The Labute approximate surface area is 109 Å². The van der Waals surface area contributed by atoms with Crippen molar-refractivity contribution in [1.82, 2.24) is 0 Å². The number of carbonyl (C=O) groups is 2. The predicted octanol–water partition coefficient (Wildman–Crippen LogP) is 0.356. The summed E-state index contributed by atoms with van der Waals surface area (Å²) < 4.78 is 10.0. The van der Waals surface area contributed by atoms with E-state index in [9.17, 15) is 9.59 Å². The molecule has 1 unspecified atom stereocenters. The van der Waals surface area contributed by atoms with Crippen molar-refractivity contribution in [3.8, 4) is 11.5 Å². The number of methoxy groups -OCH3 is 2. The Hall–Kier alpha value is -2.28. The zero-order valence-electron chi connectivity index (χ0n) is 10.5. The highest BCUT2D eigenvalue weighted by atomic mass is 16.5. The smallest absolute Gasteiger partial charge is 0.339 e. The lowest BCUT2D eigenvalue weighted by atomic mass is 10.0. The number of aromatic carboxylic acids is 1. The van der Waals surface area contributed by atoms with E-state index in [0.717, 1.165) is 0 Å². The van der Waals surface area contributed by atoms with Gasteiger partial charge in [0, 0.05) is 12.5 Å². The number of hydrogen-bond donors (Lipinski definition) is 3. The molecule has 0 spiro atoms. The van der Waals surface area contributed by atoms with Gasteiger partial charge in [0.15, 0.2) is 0 Å². The maximum Gasteiger partial charge on any atom is 0.339 e. The third-order valence-corrected chi connectivity index (χ3v) is 2.59. The van der Waals surface area contributed by atoms with E-state index >= 15 is 0 Å². The van der Waals surface area contributed by atoms with Gasteiger partial charge in [-0.3, -0.25) is 4.79 Å². The molecule has 19 heavy (non-hydrogen) atoms. The molecule has 0 aliphatic rings. The van der Waals surface area contributed by atoms with Crippen LogP contribution in [0.25, 0.3) is 0 Å². The Kier molecular flexibility index (Phi) is 4.71. The van der Waals surface area contributed by atoms with Gasteiger partial charge in [-0.05, 0) is 11.6 Å². The summed E-state index contributed by atoms with van der Waals surface area (Å²) in [5, 5.41) is 17.8. The molecule has 1 atom stereocenters. The molecule has 0 aliphatic carbocycles. The molecule has 1 rings (SSSR count). The lowest BCUT2D eigenvalue weighted by molar-refractivity contribution is -0.138. The number of ether oxygens (including phenoxy) is 2. The van der Waals surface area contributed by atoms with E-state index in [2.05, 4.69) is 0 Å². The van der Waals surface area contributed by atoms with E-state index in [4.69, 9.17) is 25.4 Å². The second-order valence-corrected chi connectivity index (χ2v) is 3.82. The molecule has 0 saturated heterocycles. The SMILES string of the molecule is COc1cc(OC)c(C(=O)O)cc1CC(N)C(=O)O. The normalized spacial score (nSPS) is 11.7. The van der Waals surface area contributed by atoms with Crippen LogP contribution in [0.5, 0.6) is 11.5 Å². The number of nitrogens with two attached hydrogens (primary N) is 1. The molecule has 0 aromatic heterocycles. The lowest BCUT2D eigenvalue weighted by Gasteiger charge is -2.14. The maximum absolute atomic E-state index is 11.1. The van der Waals surface area contributed by atoms with Crippen LogP contribution >= 0.6 is 0 Å². The predicted molar refractivity (Wildman–Crippen MR) is 65.8 cm³/mol. The molecule has 104 valence electrons. The second-order valence-electron chi connectivity index (χ2n) is 3.82. The Morgan fingerprint density at radius 2 is 1.79 bits per heavy atom. The average Bonchev–Trinajstić information content (AvgIpc) is 2.37. The molecular weight excluding hydrogens is 254 g/mol. The zero-order valence-corrected chi connectivity index (χ0v) is 10.5. The molecule has 0 heterocycles. The van der Waals surface area contributed by atoms with Crippen LogP contribution in [0.15, 0.2) is 12.1 Å². The summed E-state index contributed by atoms with van der Waals surface area (Å²) in [5.74, 6) is -1.88. The second kappa shape index (κ2) is 6.05. The maximum atomic E-state index is 11.1. The highest BCUT2D eigenvalue weighted by Crippen LogP contribution is 2.29. The van der Waals surface area contributed by atoms with Gasteiger partial charge in [-0.2, -0.15) is 0 Å². The number of hydrogen-bond acceptors (Lipinski definition) is 5. The zero-order chi connectivity index (χ0) is 14.6. The van der Waals surface area contributed by atoms with Crippen LogP contribution in [0.4, 0.5) is 0 Å². The summed E-state index contributed by atoms with van der Waals surface area (Å²) in [6.45, 7) is 0. The van der Waals surface area contributed by atoms with E-state index in [1.807, 2.05) is 0 Å². The third-order valence-electron chi connectivity index (χ3n) is 2.59. The summed E-state index contributed by atoms with van der Waals surface area (Å²) in [5.41, 5.74) is 5.76. The number of carboxylic acids is 2. The summed E-state index contributed by atoms with van der Waals surface area (Å²) in [6, 6.07) is 1.57. The van der Waals surface area contributed by atoms with Gasteiger partial charge in [-0.15, -0.1) is 0 Å². The van der Waals surface area contributed by atoms with E-state index in [-0.39, 0.29) is 17.7 Å². The summed E-state index contributed by atoms with van der Waals surface area (Å²) in [6.07, 6.45) is -0.0389. The molecule has 0 saturated carbocycles. The van der Waals surface area contributed by atoms with Gasteiger partial charge in [-0.25, -0.2) is 4.79 Å². The molecule has 0 fully saturated rings. The van der Waals surface area contributed by atoms with Crippen molar-refractivity contribution in [2.45, 2.75) is 12.5 Å². The van der Waals surface area contributed by atoms with Crippen molar-refractivity contribution in [3.05, 3.63) is 23.3 Å². The van der Waals surface area contributed by atoms with Crippen molar-refractivity contribution >= 4 is 11.9 Å². The van der Waals surface area contributed by atoms with Gasteiger partial charge in [0.1, 0.15) is 23.1 Å². The van der Waals surface area contributed by atoms with Crippen molar-refractivity contribution in [2.24, 2.45) is 5.73 Å². The van der Waals surface area contributed by atoms with Crippen LogP contribution in [0.3, 0.4) is 0 Å². The average molecular weight is 269 g/mol. The van der Waals surface area contributed by atoms with Crippen molar-refractivity contribution in [2.75, 3.05) is 14.2 Å². The fourth-order valence-corrected chi connectivity index (χ4v) is 1.62. The molecule has 1 aromatic rings. The first-order valence-corrected chi connectivity index (χ1v) is 5.37. The van der Waals surface area contributed by atoms with Crippen LogP contribution in [-0.2, 0) is 11.2 Å². The monoisotopic (exact) mass is 269 g/mol. The van der Waals surface area contributed by atoms with E-state index < -0.39 is 18.0 Å². The fraction of sp³-hybridized carbons (Fsp3) is 0.333. The lowest BCUT2D eigenvalue weighted by Crippen LogP contribution is -2.32. The summed E-state index contributed by atoms with van der Waals surface area (Å²) in [4.78, 5) is 21.8. The first-order chi connectivity index (χ1) is 8.90. The molecule has 7 heteroatoms. The minimum absolute atomic E-state index is 0.0389. The molecule has 0 amide bonds. The minimum atomic E-state index is -1.18. The molecule has 0 radical (unpaired) electrons. The topological polar surface area (TPSA) is 119 Å². The highest BCUT2D eigenvalue weighted by molar-refractivity contribution is 5.91. The van der Waals surface area contributed by atoms with Gasteiger partial charge >= 0.3 is 11.9 Å². The first-order valence-electron chi connectivity index (χ1n) is 5.37. The van der Waals surface area contributed by atoms with Crippen molar-refractivity contribution in [1.29, 1.82) is 0 Å². The van der Waals surface area contributed by atoms with Crippen molar-refractivity contribution < 1.29 is 29.3 Å². The van der Waals surface area contributed by atoms with Crippen LogP contribution in [-0.4, -0.2) is 42.4 Å². The number of aliphatic carboxylic acids is 1. The highest BCUT2D eigenvalue weighted by Gasteiger charge is 2.20. The van der Waals surface area contributed by atoms with Crippen LogP contribution in [0, 0.1) is 0 Å². The van der Waals surface area contributed by atoms with E-state index in [1.54, 1.807) is 0 Å². The van der Waals surface area contributed by atoms with E-state index in [1.165, 1.54) is 26.4 Å². The minimum Gasteiger partial charge on any atom is -0.496 e. The number of carboxylic acid groups (broad SMARTS) is 2. The standard InChI is InChI=1S/C12H15NO6/c1-18-9-5-10(19-2)7(11(14)15)3-6(9)4-8(13)12(16)17/h3,5,8H,4,13H2,1-2H3,(H,14,15)(H,16,17). The van der Waals surface area contributed by atoms with Crippen LogP contribution < -0.4 is 15.2 Å². The van der Waals surface area contributed by atoms with E-state index in [0.29, 0.717) is 11.3 Å². The molecule has 7 nitrogen and oxygen atoms in total. The van der Waals surface area contributed by atoms with Gasteiger partial charge in [0.05, 0.1) is 14.2 Å². The molecule has 0 bridgehead atoms. The molecule has 1 aromatic carbocycles. The molecular formula is C12H15NO6. The van der Waals surface area contributed by atoms with Gasteiger partial charge in [0.25, 0.3) is 0 Å². The number of rotatable bonds is 6. The Bertz CT molecular complexity index is 499.